The van der Waals surface area contributed by atoms with Crippen LogP contribution >= 0.6 is 0 Å². The van der Waals surface area contributed by atoms with Crippen LogP contribution < -0.4 is 0 Å². The molecule has 0 saturated carbocycles. The topological polar surface area (TPSA) is 48.4 Å². The number of carbonyl (C=O) groups is 1. The molecule has 0 fully saturated rings. The van der Waals surface area contributed by atoms with Crippen LogP contribution in [0.1, 0.15) is 36.7 Å². The SMILES string of the molecule is Cc1cccnc1-c1cccc(C(=O)OOC(C)(C)C)c1. The molecule has 0 radical (unpaired) electrons. The Morgan fingerprint density at radius 3 is 2.57 bits per heavy atom. The summed E-state index contributed by atoms with van der Waals surface area (Å²) in [6.45, 7) is 7.42. The smallest absolute Gasteiger partial charge is 0.292 e. The molecule has 21 heavy (non-hydrogen) atoms. The Kier molecular flexibility index (Phi) is 4.38. The van der Waals surface area contributed by atoms with Crippen molar-refractivity contribution >= 4 is 5.97 Å². The van der Waals surface area contributed by atoms with E-state index in [-0.39, 0.29) is 0 Å². The van der Waals surface area contributed by atoms with Gasteiger partial charge < -0.3 is 0 Å². The zero-order chi connectivity index (χ0) is 15.5. The van der Waals surface area contributed by atoms with Crippen molar-refractivity contribution in [2.24, 2.45) is 0 Å². The zero-order valence-corrected chi connectivity index (χ0v) is 12.7. The first-order valence-electron chi connectivity index (χ1n) is 6.79. The van der Waals surface area contributed by atoms with E-state index in [0.29, 0.717) is 5.56 Å². The molecule has 0 atom stereocenters. The molecular formula is C17H19NO3. The van der Waals surface area contributed by atoms with Crippen LogP contribution in [0.2, 0.25) is 0 Å². The van der Waals surface area contributed by atoms with E-state index < -0.39 is 11.6 Å². The quantitative estimate of drug-likeness (QED) is 0.633. The van der Waals surface area contributed by atoms with E-state index in [2.05, 4.69) is 4.98 Å². The Hall–Kier alpha value is -2.20. The van der Waals surface area contributed by atoms with Crippen molar-refractivity contribution in [2.75, 3.05) is 0 Å². The third-order valence-corrected chi connectivity index (χ3v) is 2.75. The van der Waals surface area contributed by atoms with Crippen LogP contribution in [0.25, 0.3) is 11.3 Å². The number of hydrogen-bond acceptors (Lipinski definition) is 4. The molecule has 0 aliphatic carbocycles. The van der Waals surface area contributed by atoms with Crippen molar-refractivity contribution in [3.63, 3.8) is 0 Å². The van der Waals surface area contributed by atoms with Gasteiger partial charge in [-0.2, -0.15) is 4.89 Å². The van der Waals surface area contributed by atoms with E-state index in [0.717, 1.165) is 16.8 Å². The molecule has 110 valence electrons. The second-order valence-electron chi connectivity index (χ2n) is 5.82. The predicted octanol–water partition coefficient (Wildman–Crippen LogP) is 3.94. The number of hydrogen-bond donors (Lipinski definition) is 0. The number of pyridine rings is 1. The van der Waals surface area contributed by atoms with Crippen LogP contribution in [-0.4, -0.2) is 16.6 Å². The highest BCUT2D eigenvalue weighted by Gasteiger charge is 2.17. The molecule has 1 aromatic heterocycles. The van der Waals surface area contributed by atoms with Crippen molar-refractivity contribution in [3.05, 3.63) is 53.7 Å². The van der Waals surface area contributed by atoms with Crippen molar-refractivity contribution in [2.45, 2.75) is 33.3 Å². The standard InChI is InChI=1S/C17H19NO3/c1-12-7-6-10-18-15(12)13-8-5-9-14(11-13)16(19)20-21-17(2,3)4/h5-11H,1-4H3. The average Bonchev–Trinajstić information content (AvgIpc) is 2.44. The van der Waals surface area contributed by atoms with E-state index in [1.54, 1.807) is 24.4 Å². The molecule has 4 nitrogen and oxygen atoms in total. The summed E-state index contributed by atoms with van der Waals surface area (Å²) < 4.78 is 0. The summed E-state index contributed by atoms with van der Waals surface area (Å²) in [5.74, 6) is -0.514. The van der Waals surface area contributed by atoms with Gasteiger partial charge >= 0.3 is 5.97 Å². The molecule has 0 aliphatic heterocycles. The van der Waals surface area contributed by atoms with Crippen molar-refractivity contribution in [1.29, 1.82) is 0 Å². The second kappa shape index (κ2) is 6.06. The highest BCUT2D eigenvalue weighted by atomic mass is 17.2. The minimum absolute atomic E-state index is 0.432. The van der Waals surface area contributed by atoms with E-state index >= 15 is 0 Å². The highest BCUT2D eigenvalue weighted by Crippen LogP contribution is 2.22. The summed E-state index contributed by atoms with van der Waals surface area (Å²) in [6, 6.07) is 11.0. The summed E-state index contributed by atoms with van der Waals surface area (Å²) >= 11 is 0. The van der Waals surface area contributed by atoms with Gasteiger partial charge in [-0.1, -0.05) is 18.2 Å². The third kappa shape index (κ3) is 4.13. The van der Waals surface area contributed by atoms with Gasteiger partial charge in [-0.05, 0) is 51.5 Å². The van der Waals surface area contributed by atoms with E-state index in [1.165, 1.54) is 0 Å². The van der Waals surface area contributed by atoms with E-state index in [4.69, 9.17) is 9.78 Å². The number of rotatable bonds is 3. The third-order valence-electron chi connectivity index (χ3n) is 2.75. The zero-order valence-electron chi connectivity index (χ0n) is 12.7. The van der Waals surface area contributed by atoms with Crippen LogP contribution in [0.4, 0.5) is 0 Å². The molecule has 2 aromatic rings. The van der Waals surface area contributed by atoms with Crippen molar-refractivity contribution in [1.82, 2.24) is 4.98 Å². The van der Waals surface area contributed by atoms with E-state index in [1.807, 2.05) is 45.9 Å². The molecule has 0 bridgehead atoms. The molecule has 0 N–H and O–H groups in total. The molecule has 0 unspecified atom stereocenters. The number of carbonyl (C=O) groups excluding carboxylic acids is 1. The monoisotopic (exact) mass is 285 g/mol. The summed E-state index contributed by atoms with van der Waals surface area (Å²) in [5, 5.41) is 0. The maximum atomic E-state index is 12.0. The largest absolute Gasteiger partial charge is 0.373 e. The Bertz CT molecular complexity index is 644. The first-order valence-corrected chi connectivity index (χ1v) is 6.79. The van der Waals surface area contributed by atoms with Gasteiger partial charge in [-0.15, -0.1) is 0 Å². The molecule has 0 saturated heterocycles. The lowest BCUT2D eigenvalue weighted by Gasteiger charge is -2.16. The fourth-order valence-electron chi connectivity index (χ4n) is 1.79. The van der Waals surface area contributed by atoms with Gasteiger partial charge in [0, 0.05) is 11.8 Å². The van der Waals surface area contributed by atoms with Gasteiger partial charge in [0.2, 0.25) is 0 Å². The van der Waals surface area contributed by atoms with Crippen LogP contribution in [0.5, 0.6) is 0 Å². The summed E-state index contributed by atoms with van der Waals surface area (Å²) in [6.07, 6.45) is 1.73. The molecule has 0 spiro atoms. The number of aromatic nitrogens is 1. The summed E-state index contributed by atoms with van der Waals surface area (Å²) in [5.41, 5.74) is 2.67. The molecule has 1 aromatic carbocycles. The number of benzene rings is 1. The van der Waals surface area contributed by atoms with Gasteiger partial charge in [-0.3, -0.25) is 9.87 Å². The fraction of sp³-hybridized carbons (Fsp3) is 0.294. The van der Waals surface area contributed by atoms with Gasteiger partial charge in [0.15, 0.2) is 0 Å². The maximum Gasteiger partial charge on any atom is 0.373 e. The Morgan fingerprint density at radius 1 is 1.14 bits per heavy atom. The van der Waals surface area contributed by atoms with Crippen molar-refractivity contribution < 1.29 is 14.6 Å². The van der Waals surface area contributed by atoms with Gasteiger partial charge in [-0.25, -0.2) is 4.79 Å². The van der Waals surface area contributed by atoms with Crippen molar-refractivity contribution in [3.8, 4) is 11.3 Å². The van der Waals surface area contributed by atoms with E-state index in [9.17, 15) is 4.79 Å². The highest BCUT2D eigenvalue weighted by molar-refractivity contribution is 5.90. The van der Waals surface area contributed by atoms with Crippen LogP contribution in [-0.2, 0) is 9.78 Å². The van der Waals surface area contributed by atoms with Gasteiger partial charge in [0.05, 0.1) is 11.3 Å². The molecule has 4 heteroatoms. The Balaban J connectivity index is 2.22. The lowest BCUT2D eigenvalue weighted by molar-refractivity contribution is -0.301. The van der Waals surface area contributed by atoms with Crippen LogP contribution in [0.3, 0.4) is 0 Å². The second-order valence-corrected chi connectivity index (χ2v) is 5.82. The van der Waals surface area contributed by atoms with Gasteiger partial charge in [0.1, 0.15) is 5.60 Å². The minimum Gasteiger partial charge on any atom is -0.292 e. The summed E-state index contributed by atoms with van der Waals surface area (Å²) in [7, 11) is 0. The lowest BCUT2D eigenvalue weighted by Crippen LogP contribution is -2.21. The number of aryl methyl sites for hydroxylation is 1. The molecule has 0 amide bonds. The molecular weight excluding hydrogens is 266 g/mol. The lowest BCUT2D eigenvalue weighted by atomic mass is 10.0. The fourth-order valence-corrected chi connectivity index (χ4v) is 1.79. The van der Waals surface area contributed by atoms with Crippen LogP contribution in [0.15, 0.2) is 42.6 Å². The maximum absolute atomic E-state index is 12.0. The Morgan fingerprint density at radius 2 is 1.90 bits per heavy atom. The normalized spacial score (nSPS) is 11.2. The molecule has 2 rings (SSSR count). The number of nitrogens with zero attached hydrogens (tertiary/aromatic N) is 1. The first-order chi connectivity index (χ1) is 9.87. The minimum atomic E-state index is -0.537. The molecule has 0 aliphatic rings. The first kappa shape index (κ1) is 15.2. The van der Waals surface area contributed by atoms with Gasteiger partial charge in [0.25, 0.3) is 0 Å². The molecule has 1 heterocycles. The average molecular weight is 285 g/mol. The summed E-state index contributed by atoms with van der Waals surface area (Å²) in [4.78, 5) is 26.2. The predicted molar refractivity (Wildman–Crippen MR) is 80.7 cm³/mol. The Labute approximate surface area is 124 Å². The van der Waals surface area contributed by atoms with Crippen LogP contribution in [0, 0.1) is 6.92 Å².